The van der Waals surface area contributed by atoms with Crippen LogP contribution < -0.4 is 10.1 Å². The molecule has 18 heavy (non-hydrogen) atoms. The molecule has 0 atom stereocenters. The van der Waals surface area contributed by atoms with E-state index in [2.05, 4.69) is 5.32 Å². The van der Waals surface area contributed by atoms with Crippen LogP contribution in [-0.2, 0) is 6.54 Å². The summed E-state index contributed by atoms with van der Waals surface area (Å²) in [7, 11) is 1.62. The number of nitrogens with one attached hydrogen (secondary N) is 1. The van der Waals surface area contributed by atoms with Crippen LogP contribution in [0.25, 0.3) is 0 Å². The fourth-order valence-corrected chi connectivity index (χ4v) is 1.89. The van der Waals surface area contributed by atoms with Crippen LogP contribution >= 0.6 is 0 Å². The highest BCUT2D eigenvalue weighted by atomic mass is 16.6. The number of hydrogen-bond donors (Lipinski definition) is 1. The number of rotatable bonds is 4. The highest BCUT2D eigenvalue weighted by Gasteiger charge is 2.19. The number of methoxy groups -OCH3 is 1. The van der Waals surface area contributed by atoms with Crippen molar-refractivity contribution >= 4 is 0 Å². The Morgan fingerprint density at radius 1 is 1.50 bits per heavy atom. The largest absolute Gasteiger partial charge is 0.497 e. The van der Waals surface area contributed by atoms with Gasteiger partial charge in [0.2, 0.25) is 0 Å². The molecule has 1 aliphatic rings. The number of nitro groups is 1. The zero-order chi connectivity index (χ0) is 13.0. The van der Waals surface area contributed by atoms with Crippen LogP contribution in [0.4, 0.5) is 0 Å². The quantitative estimate of drug-likeness (QED) is 0.641. The van der Waals surface area contributed by atoms with E-state index in [4.69, 9.17) is 4.74 Å². The summed E-state index contributed by atoms with van der Waals surface area (Å²) in [6.07, 6.45) is 1.01. The highest BCUT2D eigenvalue weighted by molar-refractivity contribution is 5.27. The van der Waals surface area contributed by atoms with E-state index in [1.165, 1.54) is 0 Å². The maximum absolute atomic E-state index is 10.5. The Kier molecular flexibility index (Phi) is 3.66. The van der Waals surface area contributed by atoms with Crippen LogP contribution in [0.15, 0.2) is 36.3 Å². The first-order valence-corrected chi connectivity index (χ1v) is 5.66. The lowest BCUT2D eigenvalue weighted by Gasteiger charge is -2.17. The molecule has 0 unspecified atom stereocenters. The second-order valence-corrected chi connectivity index (χ2v) is 4.00. The Balaban J connectivity index is 2.05. The van der Waals surface area contributed by atoms with Gasteiger partial charge in [-0.05, 0) is 17.7 Å². The lowest BCUT2D eigenvalue weighted by molar-refractivity contribution is -0.404. The maximum Gasteiger partial charge on any atom is 0.274 e. The van der Waals surface area contributed by atoms with Gasteiger partial charge in [0.15, 0.2) is 5.82 Å². The third kappa shape index (κ3) is 2.91. The monoisotopic (exact) mass is 249 g/mol. The molecular formula is C12H15N3O3. The lowest BCUT2D eigenvalue weighted by Crippen LogP contribution is -2.20. The van der Waals surface area contributed by atoms with Crippen molar-refractivity contribution in [2.24, 2.45) is 0 Å². The molecule has 1 aliphatic heterocycles. The summed E-state index contributed by atoms with van der Waals surface area (Å²) in [5.74, 6) is 1.37. The number of benzene rings is 1. The van der Waals surface area contributed by atoms with E-state index >= 15 is 0 Å². The highest BCUT2D eigenvalue weighted by Crippen LogP contribution is 2.16. The topological polar surface area (TPSA) is 67.6 Å². The minimum Gasteiger partial charge on any atom is -0.497 e. The predicted octanol–water partition coefficient (Wildman–Crippen LogP) is 1.18. The van der Waals surface area contributed by atoms with Crippen LogP contribution in [0.5, 0.6) is 5.75 Å². The molecule has 1 aromatic carbocycles. The zero-order valence-electron chi connectivity index (χ0n) is 10.1. The van der Waals surface area contributed by atoms with E-state index in [0.717, 1.165) is 30.6 Å². The van der Waals surface area contributed by atoms with Gasteiger partial charge in [0.1, 0.15) is 5.75 Å². The van der Waals surface area contributed by atoms with E-state index in [1.54, 1.807) is 7.11 Å². The van der Waals surface area contributed by atoms with E-state index < -0.39 is 4.92 Å². The van der Waals surface area contributed by atoms with Crippen LogP contribution in [-0.4, -0.2) is 30.0 Å². The Labute approximate surface area is 105 Å². The third-order valence-corrected chi connectivity index (χ3v) is 2.79. The van der Waals surface area contributed by atoms with Crippen molar-refractivity contribution in [3.05, 3.63) is 52.0 Å². The summed E-state index contributed by atoms with van der Waals surface area (Å²) >= 11 is 0. The molecule has 6 heteroatoms. The SMILES string of the molecule is COc1ccc(CN2CCNC2=C[N+](=O)[O-])cc1. The van der Waals surface area contributed by atoms with Crippen LogP contribution in [0.1, 0.15) is 5.56 Å². The fraction of sp³-hybridized carbons (Fsp3) is 0.333. The lowest BCUT2D eigenvalue weighted by atomic mass is 10.2. The smallest absolute Gasteiger partial charge is 0.274 e. The molecule has 0 aromatic heterocycles. The van der Waals surface area contributed by atoms with E-state index in [9.17, 15) is 10.1 Å². The van der Waals surface area contributed by atoms with E-state index in [0.29, 0.717) is 12.4 Å². The molecule has 0 spiro atoms. The molecule has 0 bridgehead atoms. The molecule has 96 valence electrons. The third-order valence-electron chi connectivity index (χ3n) is 2.79. The standard InChI is InChI=1S/C12H15N3O3/c1-18-11-4-2-10(3-5-11)8-14-7-6-13-12(14)9-15(16)17/h2-5,9,13H,6-8H2,1H3. The van der Waals surface area contributed by atoms with Gasteiger partial charge in [0.05, 0.1) is 12.0 Å². The molecule has 1 saturated heterocycles. The van der Waals surface area contributed by atoms with Gasteiger partial charge >= 0.3 is 0 Å². The van der Waals surface area contributed by atoms with Gasteiger partial charge in [-0.2, -0.15) is 0 Å². The predicted molar refractivity (Wildman–Crippen MR) is 66.5 cm³/mol. The van der Waals surface area contributed by atoms with Crippen LogP contribution in [0.2, 0.25) is 0 Å². The minimum absolute atomic E-state index is 0.436. The summed E-state index contributed by atoms with van der Waals surface area (Å²) in [4.78, 5) is 12.0. The van der Waals surface area contributed by atoms with Gasteiger partial charge in [-0.15, -0.1) is 0 Å². The Morgan fingerprint density at radius 3 is 2.83 bits per heavy atom. The average Bonchev–Trinajstić information content (AvgIpc) is 2.77. The molecule has 0 amide bonds. The molecule has 2 rings (SSSR count). The van der Waals surface area contributed by atoms with Gasteiger partial charge in [0.25, 0.3) is 6.20 Å². The summed E-state index contributed by atoms with van der Waals surface area (Å²) in [6, 6.07) is 7.69. The van der Waals surface area contributed by atoms with Crippen molar-refractivity contribution in [2.45, 2.75) is 6.54 Å². The molecular weight excluding hydrogens is 234 g/mol. The normalized spacial score (nSPS) is 16.7. The van der Waals surface area contributed by atoms with E-state index in [-0.39, 0.29) is 0 Å². The van der Waals surface area contributed by atoms with Gasteiger partial charge in [-0.3, -0.25) is 10.1 Å². The summed E-state index contributed by atoms with van der Waals surface area (Å²) < 4.78 is 5.09. The number of nitrogens with zero attached hydrogens (tertiary/aromatic N) is 2. The summed E-state index contributed by atoms with van der Waals surface area (Å²) in [5, 5.41) is 13.5. The Bertz CT molecular complexity index is 456. The van der Waals surface area contributed by atoms with Gasteiger partial charge in [-0.25, -0.2) is 0 Å². The number of hydrogen-bond acceptors (Lipinski definition) is 5. The second-order valence-electron chi connectivity index (χ2n) is 4.00. The first-order chi connectivity index (χ1) is 8.69. The Morgan fingerprint density at radius 2 is 2.22 bits per heavy atom. The first kappa shape index (κ1) is 12.2. The minimum atomic E-state index is -0.436. The molecule has 6 nitrogen and oxygen atoms in total. The van der Waals surface area contributed by atoms with Crippen molar-refractivity contribution in [2.75, 3.05) is 20.2 Å². The van der Waals surface area contributed by atoms with Gasteiger partial charge in [0, 0.05) is 19.6 Å². The summed E-state index contributed by atoms with van der Waals surface area (Å²) in [6.45, 7) is 2.15. The molecule has 0 radical (unpaired) electrons. The fourth-order valence-electron chi connectivity index (χ4n) is 1.89. The summed E-state index contributed by atoms with van der Waals surface area (Å²) in [5.41, 5.74) is 1.09. The number of ether oxygens (including phenoxy) is 1. The van der Waals surface area contributed by atoms with Crippen molar-refractivity contribution in [1.82, 2.24) is 10.2 Å². The average molecular weight is 249 g/mol. The molecule has 1 fully saturated rings. The van der Waals surface area contributed by atoms with Crippen LogP contribution in [0.3, 0.4) is 0 Å². The van der Waals surface area contributed by atoms with Crippen molar-refractivity contribution < 1.29 is 9.66 Å². The second kappa shape index (κ2) is 5.39. The zero-order valence-corrected chi connectivity index (χ0v) is 10.1. The van der Waals surface area contributed by atoms with Crippen molar-refractivity contribution in [3.63, 3.8) is 0 Å². The molecule has 1 heterocycles. The first-order valence-electron chi connectivity index (χ1n) is 5.66. The van der Waals surface area contributed by atoms with Crippen molar-refractivity contribution in [1.29, 1.82) is 0 Å². The van der Waals surface area contributed by atoms with Gasteiger partial charge < -0.3 is 15.0 Å². The van der Waals surface area contributed by atoms with Crippen molar-refractivity contribution in [3.8, 4) is 5.75 Å². The molecule has 0 saturated carbocycles. The molecule has 1 aromatic rings. The van der Waals surface area contributed by atoms with Crippen LogP contribution in [0, 0.1) is 10.1 Å². The van der Waals surface area contributed by atoms with E-state index in [1.807, 2.05) is 29.2 Å². The van der Waals surface area contributed by atoms with Gasteiger partial charge in [-0.1, -0.05) is 12.1 Å². The Hall–Kier alpha value is -2.24. The maximum atomic E-state index is 10.5. The molecule has 1 N–H and O–H groups in total. The molecule has 0 aliphatic carbocycles.